The molecule has 0 aliphatic carbocycles. The van der Waals surface area contributed by atoms with Gasteiger partial charge in [-0.25, -0.2) is 13.2 Å². The molecular weight excluding hydrogens is 434 g/mol. The highest BCUT2D eigenvalue weighted by molar-refractivity contribution is 9.10. The topological polar surface area (TPSA) is 87.7 Å². The number of sulfonamides is 1. The maximum Gasteiger partial charge on any atom is 0.321 e. The van der Waals surface area contributed by atoms with E-state index in [1.165, 1.54) is 19.2 Å². The van der Waals surface area contributed by atoms with Gasteiger partial charge in [-0.2, -0.15) is 0 Å². The van der Waals surface area contributed by atoms with Crippen molar-refractivity contribution in [3.8, 4) is 5.75 Å². The highest BCUT2D eigenvalue weighted by Crippen LogP contribution is 2.30. The van der Waals surface area contributed by atoms with Crippen LogP contribution < -0.4 is 14.8 Å². The van der Waals surface area contributed by atoms with Gasteiger partial charge in [0, 0.05) is 13.1 Å². The summed E-state index contributed by atoms with van der Waals surface area (Å²) >= 11 is 3.29. The van der Waals surface area contributed by atoms with Gasteiger partial charge in [0.15, 0.2) is 0 Å². The van der Waals surface area contributed by atoms with Crippen LogP contribution >= 0.6 is 15.9 Å². The Morgan fingerprint density at radius 1 is 1.11 bits per heavy atom. The number of methoxy groups -OCH3 is 1. The van der Waals surface area contributed by atoms with E-state index < -0.39 is 10.0 Å². The minimum atomic E-state index is -3.84. The molecule has 9 heteroatoms. The van der Waals surface area contributed by atoms with Gasteiger partial charge in [-0.05, 0) is 59.1 Å². The van der Waals surface area contributed by atoms with Crippen LogP contribution in [0.1, 0.15) is 12.8 Å². The van der Waals surface area contributed by atoms with Crippen molar-refractivity contribution in [3.63, 3.8) is 0 Å². The van der Waals surface area contributed by atoms with Gasteiger partial charge in [-0.3, -0.25) is 4.72 Å². The fourth-order valence-corrected chi connectivity index (χ4v) is 4.61. The molecule has 0 spiro atoms. The fraction of sp³-hybridized carbons (Fsp3) is 0.278. The summed E-state index contributed by atoms with van der Waals surface area (Å²) in [5, 5.41) is 2.79. The molecule has 0 radical (unpaired) electrons. The third-order valence-corrected chi connectivity index (χ3v) is 6.22. The smallest absolute Gasteiger partial charge is 0.321 e. The molecule has 1 aliphatic rings. The van der Waals surface area contributed by atoms with Crippen LogP contribution in [0.3, 0.4) is 0 Å². The zero-order valence-electron chi connectivity index (χ0n) is 14.7. The molecule has 2 aromatic carbocycles. The zero-order chi connectivity index (χ0) is 19.4. The number of nitrogens with one attached hydrogen (secondary N) is 2. The Morgan fingerprint density at radius 3 is 2.41 bits per heavy atom. The van der Waals surface area contributed by atoms with Gasteiger partial charge in [-0.1, -0.05) is 12.1 Å². The van der Waals surface area contributed by atoms with E-state index >= 15 is 0 Å². The molecule has 1 heterocycles. The molecule has 2 N–H and O–H groups in total. The molecule has 2 aromatic rings. The van der Waals surface area contributed by atoms with Crippen LogP contribution in [0, 0.1) is 0 Å². The minimum absolute atomic E-state index is 0.0795. The number of nitrogens with zero attached hydrogens (tertiary/aromatic N) is 1. The number of carbonyl (C=O) groups excluding carboxylic acids is 1. The normalized spacial score (nSPS) is 14.1. The molecule has 144 valence electrons. The number of amides is 2. The van der Waals surface area contributed by atoms with Gasteiger partial charge < -0.3 is 15.0 Å². The number of likely N-dealkylation sites (tertiary alicyclic amines) is 1. The molecule has 27 heavy (non-hydrogen) atoms. The fourth-order valence-electron chi connectivity index (χ4n) is 2.81. The third-order valence-electron chi connectivity index (χ3n) is 4.24. The zero-order valence-corrected chi connectivity index (χ0v) is 17.1. The van der Waals surface area contributed by atoms with Crippen LogP contribution in [0.25, 0.3) is 0 Å². The maximum atomic E-state index is 12.8. The summed E-state index contributed by atoms with van der Waals surface area (Å²) in [6, 6.07) is 11.0. The largest absolute Gasteiger partial charge is 0.496 e. The van der Waals surface area contributed by atoms with Gasteiger partial charge in [0.05, 0.1) is 27.9 Å². The molecule has 0 atom stereocenters. The molecule has 1 aliphatic heterocycles. The number of hydrogen-bond donors (Lipinski definition) is 2. The summed E-state index contributed by atoms with van der Waals surface area (Å²) in [6.07, 6.45) is 1.96. The number of ether oxygens (including phenoxy) is 1. The number of rotatable bonds is 5. The summed E-state index contributed by atoms with van der Waals surface area (Å²) in [7, 11) is -2.33. The van der Waals surface area contributed by atoms with Gasteiger partial charge >= 0.3 is 6.03 Å². The first-order chi connectivity index (χ1) is 12.9. The first-order valence-electron chi connectivity index (χ1n) is 8.42. The lowest BCUT2D eigenvalue weighted by Gasteiger charge is -2.18. The Hall–Kier alpha value is -2.26. The number of anilines is 2. The second kappa shape index (κ2) is 8.18. The first kappa shape index (κ1) is 19.5. The van der Waals surface area contributed by atoms with E-state index in [2.05, 4.69) is 26.0 Å². The Labute approximate surface area is 166 Å². The molecule has 0 bridgehead atoms. The van der Waals surface area contributed by atoms with E-state index in [9.17, 15) is 13.2 Å². The lowest BCUT2D eigenvalue weighted by atomic mass is 10.3. The van der Waals surface area contributed by atoms with E-state index in [1.807, 2.05) is 0 Å². The lowest BCUT2D eigenvalue weighted by Crippen LogP contribution is -2.32. The number of hydrogen-bond acceptors (Lipinski definition) is 4. The number of benzene rings is 2. The second-order valence-electron chi connectivity index (χ2n) is 6.07. The van der Waals surface area contributed by atoms with Crippen molar-refractivity contribution < 1.29 is 17.9 Å². The SMILES string of the molecule is COc1ccc(S(=O)(=O)Nc2ccccc2NC(=O)N2CCCC2)cc1Br. The molecule has 7 nitrogen and oxygen atoms in total. The number of urea groups is 1. The van der Waals surface area contributed by atoms with Crippen LogP contribution in [-0.2, 0) is 10.0 Å². The monoisotopic (exact) mass is 453 g/mol. The van der Waals surface area contributed by atoms with Crippen LogP contribution in [0.15, 0.2) is 51.8 Å². The number of para-hydroxylation sites is 2. The molecule has 2 amide bonds. The van der Waals surface area contributed by atoms with Crippen molar-refractivity contribution in [3.05, 3.63) is 46.9 Å². The van der Waals surface area contributed by atoms with Gasteiger partial charge in [-0.15, -0.1) is 0 Å². The van der Waals surface area contributed by atoms with Crippen molar-refractivity contribution in [2.75, 3.05) is 30.2 Å². The minimum Gasteiger partial charge on any atom is -0.496 e. The van der Waals surface area contributed by atoms with Gasteiger partial charge in [0.25, 0.3) is 10.0 Å². The van der Waals surface area contributed by atoms with Gasteiger partial charge in [0.2, 0.25) is 0 Å². The Morgan fingerprint density at radius 2 is 1.78 bits per heavy atom. The van der Waals surface area contributed by atoms with Crippen molar-refractivity contribution >= 4 is 43.4 Å². The summed E-state index contributed by atoms with van der Waals surface area (Å²) in [4.78, 5) is 14.1. The first-order valence-corrected chi connectivity index (χ1v) is 10.7. The average Bonchev–Trinajstić information content (AvgIpc) is 3.18. The molecular formula is C18H20BrN3O4S. The quantitative estimate of drug-likeness (QED) is 0.718. The molecule has 0 saturated carbocycles. The molecule has 1 fully saturated rings. The average molecular weight is 454 g/mol. The Kier molecular flexibility index (Phi) is 5.91. The summed E-state index contributed by atoms with van der Waals surface area (Å²) in [5.41, 5.74) is 0.711. The van der Waals surface area contributed by atoms with Crippen molar-refractivity contribution in [1.29, 1.82) is 0 Å². The van der Waals surface area contributed by atoms with E-state index in [-0.39, 0.29) is 10.9 Å². The van der Waals surface area contributed by atoms with E-state index in [4.69, 9.17) is 4.74 Å². The van der Waals surface area contributed by atoms with Crippen molar-refractivity contribution in [2.24, 2.45) is 0 Å². The maximum absolute atomic E-state index is 12.8. The van der Waals surface area contributed by atoms with Crippen LogP contribution in [-0.4, -0.2) is 39.5 Å². The summed E-state index contributed by atoms with van der Waals surface area (Å²) in [5.74, 6) is 0.534. The Bertz CT molecular complexity index is 943. The lowest BCUT2D eigenvalue weighted by molar-refractivity contribution is 0.222. The molecule has 3 rings (SSSR count). The van der Waals surface area contributed by atoms with Crippen LogP contribution in [0.4, 0.5) is 16.2 Å². The standard InChI is InChI=1S/C18H20BrN3O4S/c1-26-17-9-8-13(12-14(17)19)27(24,25)21-16-7-3-2-6-15(16)20-18(23)22-10-4-5-11-22/h2-3,6-9,12,21H,4-5,10-11H2,1H3,(H,20,23). The Balaban J connectivity index is 1.82. The summed E-state index contributed by atoms with van der Waals surface area (Å²) < 4.78 is 33.7. The van der Waals surface area contributed by atoms with Crippen molar-refractivity contribution in [2.45, 2.75) is 17.7 Å². The predicted molar refractivity (Wildman–Crippen MR) is 108 cm³/mol. The van der Waals surface area contributed by atoms with Crippen LogP contribution in [0.5, 0.6) is 5.75 Å². The van der Waals surface area contributed by atoms with Gasteiger partial charge in [0.1, 0.15) is 5.75 Å². The second-order valence-corrected chi connectivity index (χ2v) is 8.61. The number of carbonyl (C=O) groups is 1. The highest BCUT2D eigenvalue weighted by atomic mass is 79.9. The van der Waals surface area contributed by atoms with E-state index in [0.29, 0.717) is 34.7 Å². The predicted octanol–water partition coefficient (Wildman–Crippen LogP) is 3.89. The molecule has 0 unspecified atom stereocenters. The molecule has 0 aromatic heterocycles. The molecule has 1 saturated heterocycles. The highest BCUT2D eigenvalue weighted by Gasteiger charge is 2.21. The number of halogens is 1. The van der Waals surface area contributed by atoms with E-state index in [0.717, 1.165) is 12.8 Å². The van der Waals surface area contributed by atoms with E-state index in [1.54, 1.807) is 35.2 Å². The third kappa shape index (κ3) is 4.54. The van der Waals surface area contributed by atoms with Crippen molar-refractivity contribution in [1.82, 2.24) is 4.90 Å². The summed E-state index contributed by atoms with van der Waals surface area (Å²) in [6.45, 7) is 1.42. The van der Waals surface area contributed by atoms with Crippen LogP contribution in [0.2, 0.25) is 0 Å².